The highest BCUT2D eigenvalue weighted by Crippen LogP contribution is 2.13. The van der Waals surface area contributed by atoms with E-state index in [1.165, 1.54) is 12.5 Å². The van der Waals surface area contributed by atoms with Crippen molar-refractivity contribution in [2.24, 2.45) is 0 Å². The molecular weight excluding hydrogens is 346 g/mol. The quantitative estimate of drug-likeness (QED) is 0.609. The van der Waals surface area contributed by atoms with Crippen molar-refractivity contribution in [1.82, 2.24) is 5.32 Å². The molecule has 0 saturated carbocycles. The van der Waals surface area contributed by atoms with Gasteiger partial charge in [0, 0.05) is 5.75 Å². The van der Waals surface area contributed by atoms with Crippen molar-refractivity contribution in [3.05, 3.63) is 29.8 Å². The van der Waals surface area contributed by atoms with Gasteiger partial charge in [0.15, 0.2) is 6.61 Å². The molecule has 0 aromatic heterocycles. The lowest BCUT2D eigenvalue weighted by Gasteiger charge is -2.15. The molecule has 0 bridgehead atoms. The summed E-state index contributed by atoms with van der Waals surface area (Å²) in [6, 6.07) is 6.06. The molecule has 1 rings (SSSR count). The third-order valence-corrected chi connectivity index (χ3v) is 5.36. The van der Waals surface area contributed by atoms with Crippen LogP contribution in [0.1, 0.15) is 32.3 Å². The number of nitrogens with one attached hydrogen (secondary N) is 1. The fourth-order valence-electron chi connectivity index (χ4n) is 2.13. The number of aliphatic carboxylic acids is 1. The van der Waals surface area contributed by atoms with E-state index in [0.717, 1.165) is 12.8 Å². The van der Waals surface area contributed by atoms with Crippen LogP contribution >= 0.6 is 0 Å². The maximum absolute atomic E-state index is 11.8. The van der Waals surface area contributed by atoms with Crippen molar-refractivity contribution < 1.29 is 27.9 Å². The minimum absolute atomic E-state index is 0.0651. The highest BCUT2D eigenvalue weighted by Gasteiger charge is 2.22. The number of aryl methyl sites for hydroxylation is 1. The van der Waals surface area contributed by atoms with E-state index in [9.17, 15) is 18.0 Å². The van der Waals surface area contributed by atoms with Crippen LogP contribution in [-0.4, -0.2) is 49.6 Å². The van der Waals surface area contributed by atoms with Crippen molar-refractivity contribution in [2.45, 2.75) is 39.2 Å². The highest BCUT2D eigenvalue weighted by atomic mass is 32.2. The summed E-state index contributed by atoms with van der Waals surface area (Å²) in [4.78, 5) is 23.0. The fraction of sp³-hybridized carbons (Fsp3) is 0.529. The van der Waals surface area contributed by atoms with E-state index in [4.69, 9.17) is 9.84 Å². The zero-order valence-electron chi connectivity index (χ0n) is 14.5. The molecule has 0 radical (unpaired) electrons. The average Bonchev–Trinajstić information content (AvgIpc) is 2.58. The Morgan fingerprint density at radius 1 is 1.20 bits per heavy atom. The summed E-state index contributed by atoms with van der Waals surface area (Å²) >= 11 is 0. The molecular formula is C17H25NO6S. The second-order valence-corrected chi connectivity index (χ2v) is 8.14. The zero-order valence-corrected chi connectivity index (χ0v) is 15.3. The summed E-state index contributed by atoms with van der Waals surface area (Å²) in [7, 11) is -3.29. The first-order valence-electron chi connectivity index (χ1n) is 8.21. The molecule has 7 nitrogen and oxygen atoms in total. The number of carbonyl (C=O) groups excluding carboxylic acids is 1. The summed E-state index contributed by atoms with van der Waals surface area (Å²) < 4.78 is 28.3. The highest BCUT2D eigenvalue weighted by molar-refractivity contribution is 7.91. The van der Waals surface area contributed by atoms with Crippen molar-refractivity contribution in [1.29, 1.82) is 0 Å². The van der Waals surface area contributed by atoms with Crippen LogP contribution in [-0.2, 0) is 25.8 Å². The first kappa shape index (κ1) is 21.0. The summed E-state index contributed by atoms with van der Waals surface area (Å²) in [6.07, 6.45) is 1.82. The standard InChI is InChI=1S/C17H25NO6S/c1-3-5-13-6-8-14(9-7-13)24-12-16(19)18-15(17(20)21)10-11-25(22,23)4-2/h6-9,15H,3-5,10-12H2,1-2H3,(H,18,19)(H,20,21). The van der Waals surface area contributed by atoms with E-state index in [1.54, 1.807) is 12.1 Å². The molecule has 8 heteroatoms. The topological polar surface area (TPSA) is 110 Å². The summed E-state index contributed by atoms with van der Waals surface area (Å²) in [5.41, 5.74) is 1.17. The Morgan fingerprint density at radius 2 is 1.84 bits per heavy atom. The molecule has 1 amide bonds. The van der Waals surface area contributed by atoms with Crippen LogP contribution < -0.4 is 10.1 Å². The Kier molecular flexibility index (Phi) is 8.40. The molecule has 1 atom stereocenters. The van der Waals surface area contributed by atoms with Gasteiger partial charge in [-0.2, -0.15) is 0 Å². The molecule has 0 saturated heterocycles. The number of carbonyl (C=O) groups is 2. The number of ether oxygens (including phenoxy) is 1. The molecule has 1 aromatic carbocycles. The van der Waals surface area contributed by atoms with Gasteiger partial charge in [0.1, 0.15) is 21.6 Å². The number of carboxylic acid groups (broad SMARTS) is 1. The maximum Gasteiger partial charge on any atom is 0.326 e. The minimum atomic E-state index is -3.29. The fourth-order valence-corrected chi connectivity index (χ4v) is 3.01. The van der Waals surface area contributed by atoms with Gasteiger partial charge in [-0.05, 0) is 30.5 Å². The van der Waals surface area contributed by atoms with Gasteiger partial charge in [0.05, 0.1) is 5.75 Å². The smallest absolute Gasteiger partial charge is 0.326 e. The Hall–Kier alpha value is -2.09. The Labute approximate surface area is 148 Å². The predicted molar refractivity (Wildman–Crippen MR) is 94.4 cm³/mol. The van der Waals surface area contributed by atoms with E-state index in [2.05, 4.69) is 12.2 Å². The molecule has 2 N–H and O–H groups in total. The van der Waals surface area contributed by atoms with Gasteiger partial charge in [-0.1, -0.05) is 32.4 Å². The van der Waals surface area contributed by atoms with Crippen LogP contribution in [0.15, 0.2) is 24.3 Å². The summed E-state index contributed by atoms with van der Waals surface area (Å²) in [6.45, 7) is 3.24. The molecule has 0 spiro atoms. The normalized spacial score (nSPS) is 12.4. The summed E-state index contributed by atoms with van der Waals surface area (Å²) in [5.74, 6) is -1.73. The van der Waals surface area contributed by atoms with Gasteiger partial charge in [0.2, 0.25) is 0 Å². The molecule has 1 unspecified atom stereocenters. The predicted octanol–water partition coefficient (Wildman–Crippen LogP) is 1.41. The van der Waals surface area contributed by atoms with Crippen LogP contribution in [0.5, 0.6) is 5.75 Å². The average molecular weight is 371 g/mol. The third-order valence-electron chi connectivity index (χ3n) is 3.62. The Bertz CT molecular complexity index is 669. The van der Waals surface area contributed by atoms with Crippen molar-refractivity contribution in [2.75, 3.05) is 18.1 Å². The van der Waals surface area contributed by atoms with Crippen LogP contribution in [0.3, 0.4) is 0 Å². The largest absolute Gasteiger partial charge is 0.484 e. The molecule has 25 heavy (non-hydrogen) atoms. The molecule has 140 valence electrons. The molecule has 0 heterocycles. The number of carboxylic acids is 1. The van der Waals surface area contributed by atoms with Gasteiger partial charge >= 0.3 is 5.97 Å². The monoisotopic (exact) mass is 371 g/mol. The van der Waals surface area contributed by atoms with E-state index < -0.39 is 27.8 Å². The minimum Gasteiger partial charge on any atom is -0.484 e. The van der Waals surface area contributed by atoms with E-state index in [1.807, 2.05) is 12.1 Å². The van der Waals surface area contributed by atoms with Gasteiger partial charge < -0.3 is 15.2 Å². The van der Waals surface area contributed by atoms with Gasteiger partial charge in [-0.15, -0.1) is 0 Å². The molecule has 0 aliphatic carbocycles. The van der Waals surface area contributed by atoms with Crippen LogP contribution in [0.25, 0.3) is 0 Å². The first-order valence-corrected chi connectivity index (χ1v) is 10.0. The molecule has 0 aliphatic heterocycles. The van der Waals surface area contributed by atoms with E-state index in [-0.39, 0.29) is 24.5 Å². The SMILES string of the molecule is CCCc1ccc(OCC(=O)NC(CCS(=O)(=O)CC)C(=O)O)cc1. The van der Waals surface area contributed by atoms with Crippen molar-refractivity contribution in [3.8, 4) is 5.75 Å². The van der Waals surface area contributed by atoms with E-state index >= 15 is 0 Å². The zero-order chi connectivity index (χ0) is 18.9. The van der Waals surface area contributed by atoms with Crippen molar-refractivity contribution in [3.63, 3.8) is 0 Å². The number of amides is 1. The lowest BCUT2D eigenvalue weighted by molar-refractivity contribution is -0.142. The molecule has 1 aromatic rings. The Morgan fingerprint density at radius 3 is 2.36 bits per heavy atom. The lowest BCUT2D eigenvalue weighted by Crippen LogP contribution is -2.44. The third kappa shape index (κ3) is 8.02. The van der Waals surface area contributed by atoms with Crippen LogP contribution in [0.2, 0.25) is 0 Å². The maximum atomic E-state index is 11.8. The van der Waals surface area contributed by atoms with Gasteiger partial charge in [-0.3, -0.25) is 4.79 Å². The molecule has 0 fully saturated rings. The van der Waals surface area contributed by atoms with E-state index in [0.29, 0.717) is 5.75 Å². The van der Waals surface area contributed by atoms with Crippen LogP contribution in [0.4, 0.5) is 0 Å². The van der Waals surface area contributed by atoms with Gasteiger partial charge in [0.25, 0.3) is 5.91 Å². The van der Waals surface area contributed by atoms with Gasteiger partial charge in [-0.25, -0.2) is 13.2 Å². The number of rotatable bonds is 11. The molecule has 0 aliphatic rings. The Balaban J connectivity index is 2.50. The number of hydrogen-bond donors (Lipinski definition) is 2. The number of benzene rings is 1. The van der Waals surface area contributed by atoms with Crippen molar-refractivity contribution >= 4 is 21.7 Å². The lowest BCUT2D eigenvalue weighted by atomic mass is 10.1. The second kappa shape index (κ2) is 10.0. The number of sulfone groups is 1. The second-order valence-electron chi connectivity index (χ2n) is 5.67. The number of hydrogen-bond acceptors (Lipinski definition) is 5. The van der Waals surface area contributed by atoms with Crippen LogP contribution in [0, 0.1) is 0 Å². The summed E-state index contributed by atoms with van der Waals surface area (Å²) in [5, 5.41) is 11.4. The first-order chi connectivity index (χ1) is 11.8.